The molecule has 0 bridgehead atoms. The molecule has 0 aliphatic carbocycles. The molecule has 5 rings (SSSR count). The summed E-state index contributed by atoms with van der Waals surface area (Å²) < 4.78 is 1.66. The van der Waals surface area contributed by atoms with Crippen molar-refractivity contribution in [2.45, 2.75) is 12.8 Å². The highest BCUT2D eigenvalue weighted by Crippen LogP contribution is 2.24. The van der Waals surface area contributed by atoms with Crippen LogP contribution in [0.4, 0.5) is 0 Å². The SMILES string of the molecule is O=C(Nn1cnc2ccccc21)C1CCCN(C(=O)c2cccc3ccccc23)C1. The van der Waals surface area contributed by atoms with Gasteiger partial charge >= 0.3 is 0 Å². The highest BCUT2D eigenvalue weighted by atomic mass is 16.2. The van der Waals surface area contributed by atoms with Gasteiger partial charge in [0.2, 0.25) is 5.91 Å². The first kappa shape index (κ1) is 18.4. The molecular formula is C24H22N4O2. The van der Waals surface area contributed by atoms with E-state index in [0.717, 1.165) is 34.6 Å². The van der Waals surface area contributed by atoms with Gasteiger partial charge in [-0.1, -0.05) is 48.5 Å². The second-order valence-electron chi connectivity index (χ2n) is 7.70. The third-order valence-electron chi connectivity index (χ3n) is 5.78. The van der Waals surface area contributed by atoms with E-state index in [1.54, 1.807) is 11.0 Å². The van der Waals surface area contributed by atoms with Crippen molar-refractivity contribution in [3.8, 4) is 0 Å². The molecule has 1 aliphatic heterocycles. The molecule has 2 heterocycles. The van der Waals surface area contributed by atoms with E-state index in [9.17, 15) is 9.59 Å². The molecule has 150 valence electrons. The molecule has 4 aromatic rings. The second kappa shape index (κ2) is 7.63. The van der Waals surface area contributed by atoms with Crippen LogP contribution in [0.5, 0.6) is 0 Å². The van der Waals surface area contributed by atoms with Crippen LogP contribution in [-0.4, -0.2) is 39.5 Å². The number of para-hydroxylation sites is 2. The van der Waals surface area contributed by atoms with Crippen LogP contribution in [0.3, 0.4) is 0 Å². The van der Waals surface area contributed by atoms with E-state index >= 15 is 0 Å². The van der Waals surface area contributed by atoms with Crippen LogP contribution in [-0.2, 0) is 4.79 Å². The maximum Gasteiger partial charge on any atom is 0.254 e. The van der Waals surface area contributed by atoms with Crippen LogP contribution in [0.1, 0.15) is 23.2 Å². The number of aromatic nitrogens is 2. The normalized spacial score (nSPS) is 16.7. The van der Waals surface area contributed by atoms with Crippen molar-refractivity contribution in [1.82, 2.24) is 14.6 Å². The van der Waals surface area contributed by atoms with Gasteiger partial charge in [-0.05, 0) is 41.8 Å². The average Bonchev–Trinajstić information content (AvgIpc) is 3.21. The standard InChI is InChI=1S/C24H22N4O2/c29-23(26-28-16-25-21-12-3-4-13-22(21)28)18-9-6-14-27(15-18)24(30)20-11-5-8-17-7-1-2-10-19(17)20/h1-5,7-8,10-13,16,18H,6,9,14-15H2,(H,26,29). The quantitative estimate of drug-likeness (QED) is 0.571. The van der Waals surface area contributed by atoms with Crippen LogP contribution < -0.4 is 5.43 Å². The number of benzene rings is 3. The van der Waals surface area contributed by atoms with Crippen molar-refractivity contribution in [2.24, 2.45) is 5.92 Å². The summed E-state index contributed by atoms with van der Waals surface area (Å²) >= 11 is 0. The lowest BCUT2D eigenvalue weighted by Crippen LogP contribution is -2.44. The minimum Gasteiger partial charge on any atom is -0.338 e. The highest BCUT2D eigenvalue weighted by molar-refractivity contribution is 6.07. The fraction of sp³-hybridized carbons (Fsp3) is 0.208. The van der Waals surface area contributed by atoms with E-state index in [1.807, 2.05) is 71.6 Å². The number of imidazole rings is 1. The van der Waals surface area contributed by atoms with Gasteiger partial charge in [0.15, 0.2) is 0 Å². The molecule has 6 heteroatoms. The zero-order valence-electron chi connectivity index (χ0n) is 16.5. The molecule has 1 atom stereocenters. The van der Waals surface area contributed by atoms with Gasteiger partial charge in [0, 0.05) is 18.7 Å². The molecule has 6 nitrogen and oxygen atoms in total. The molecular weight excluding hydrogens is 376 g/mol. The zero-order chi connectivity index (χ0) is 20.5. The van der Waals surface area contributed by atoms with Gasteiger partial charge < -0.3 is 4.90 Å². The molecule has 30 heavy (non-hydrogen) atoms. The molecule has 3 aromatic carbocycles. The van der Waals surface area contributed by atoms with Crippen molar-refractivity contribution < 1.29 is 9.59 Å². The van der Waals surface area contributed by atoms with Gasteiger partial charge in [-0.15, -0.1) is 0 Å². The van der Waals surface area contributed by atoms with Crippen LogP contribution in [0.2, 0.25) is 0 Å². The fourth-order valence-corrected chi connectivity index (χ4v) is 4.22. The Morgan fingerprint density at radius 2 is 1.77 bits per heavy atom. The smallest absolute Gasteiger partial charge is 0.254 e. The zero-order valence-corrected chi connectivity index (χ0v) is 16.5. The Morgan fingerprint density at radius 1 is 0.967 bits per heavy atom. The lowest BCUT2D eigenvalue weighted by atomic mass is 9.96. The lowest BCUT2D eigenvalue weighted by molar-refractivity contribution is -0.122. The van der Waals surface area contributed by atoms with Crippen LogP contribution in [0.15, 0.2) is 73.1 Å². The third-order valence-corrected chi connectivity index (χ3v) is 5.78. The van der Waals surface area contributed by atoms with Crippen LogP contribution in [0, 0.1) is 5.92 Å². The van der Waals surface area contributed by atoms with Crippen molar-refractivity contribution >= 4 is 33.6 Å². The molecule has 1 N–H and O–H groups in total. The summed E-state index contributed by atoms with van der Waals surface area (Å²) in [5, 5.41) is 1.99. The number of rotatable bonds is 3. The number of hydrogen-bond donors (Lipinski definition) is 1. The summed E-state index contributed by atoms with van der Waals surface area (Å²) in [6, 6.07) is 21.3. The Bertz CT molecular complexity index is 1240. The minimum atomic E-state index is -0.251. The number of nitrogens with zero attached hydrogens (tertiary/aromatic N) is 3. The predicted molar refractivity (Wildman–Crippen MR) is 117 cm³/mol. The van der Waals surface area contributed by atoms with E-state index in [0.29, 0.717) is 18.7 Å². The van der Waals surface area contributed by atoms with Gasteiger partial charge in [0.05, 0.1) is 17.0 Å². The number of carbonyl (C=O) groups excluding carboxylic acids is 2. The number of fused-ring (bicyclic) bond motifs is 2. The fourth-order valence-electron chi connectivity index (χ4n) is 4.22. The summed E-state index contributed by atoms with van der Waals surface area (Å²) in [4.78, 5) is 32.3. The number of likely N-dealkylation sites (tertiary alicyclic amines) is 1. The Morgan fingerprint density at radius 3 is 2.70 bits per heavy atom. The molecule has 0 saturated carbocycles. The van der Waals surface area contributed by atoms with E-state index in [4.69, 9.17) is 0 Å². The number of carbonyl (C=O) groups is 2. The summed E-state index contributed by atoms with van der Waals surface area (Å²) in [6.07, 6.45) is 3.18. The van der Waals surface area contributed by atoms with Crippen molar-refractivity contribution in [3.05, 3.63) is 78.6 Å². The molecule has 1 unspecified atom stereocenters. The van der Waals surface area contributed by atoms with Gasteiger partial charge in [-0.2, -0.15) is 0 Å². The first-order valence-electron chi connectivity index (χ1n) is 10.2. The molecule has 1 fully saturated rings. The van der Waals surface area contributed by atoms with E-state index in [2.05, 4.69) is 10.4 Å². The Balaban J connectivity index is 1.34. The van der Waals surface area contributed by atoms with Gasteiger partial charge in [0.1, 0.15) is 6.33 Å². The monoisotopic (exact) mass is 398 g/mol. The van der Waals surface area contributed by atoms with Crippen molar-refractivity contribution in [1.29, 1.82) is 0 Å². The van der Waals surface area contributed by atoms with E-state index in [1.165, 1.54) is 0 Å². The maximum absolute atomic E-state index is 13.3. The summed E-state index contributed by atoms with van der Waals surface area (Å²) in [6.45, 7) is 1.08. The van der Waals surface area contributed by atoms with Gasteiger partial charge in [0.25, 0.3) is 5.91 Å². The van der Waals surface area contributed by atoms with Gasteiger partial charge in [-0.25, -0.2) is 9.66 Å². The summed E-state index contributed by atoms with van der Waals surface area (Å²) in [5.41, 5.74) is 5.31. The Kier molecular flexibility index (Phi) is 4.67. The number of amides is 2. The van der Waals surface area contributed by atoms with Crippen molar-refractivity contribution in [2.75, 3.05) is 18.5 Å². The minimum absolute atomic E-state index is 0.0163. The van der Waals surface area contributed by atoms with Gasteiger partial charge in [-0.3, -0.25) is 15.0 Å². The Labute approximate surface area is 174 Å². The second-order valence-corrected chi connectivity index (χ2v) is 7.70. The molecule has 2 amide bonds. The topological polar surface area (TPSA) is 67.2 Å². The number of nitrogens with one attached hydrogen (secondary N) is 1. The highest BCUT2D eigenvalue weighted by Gasteiger charge is 2.29. The van der Waals surface area contributed by atoms with Crippen LogP contribution in [0.25, 0.3) is 21.8 Å². The van der Waals surface area contributed by atoms with E-state index < -0.39 is 0 Å². The first-order valence-corrected chi connectivity index (χ1v) is 10.2. The largest absolute Gasteiger partial charge is 0.338 e. The molecule has 1 saturated heterocycles. The molecule has 0 radical (unpaired) electrons. The van der Waals surface area contributed by atoms with Crippen LogP contribution >= 0.6 is 0 Å². The van der Waals surface area contributed by atoms with Crippen molar-refractivity contribution in [3.63, 3.8) is 0 Å². The molecule has 1 aromatic heterocycles. The Hall–Kier alpha value is -3.67. The lowest BCUT2D eigenvalue weighted by Gasteiger charge is -2.32. The number of hydrogen-bond acceptors (Lipinski definition) is 3. The average molecular weight is 398 g/mol. The predicted octanol–water partition coefficient (Wildman–Crippen LogP) is 3.81. The van der Waals surface area contributed by atoms with E-state index in [-0.39, 0.29) is 17.7 Å². The summed E-state index contributed by atoms with van der Waals surface area (Å²) in [5.74, 6) is -0.357. The summed E-state index contributed by atoms with van der Waals surface area (Å²) in [7, 11) is 0. The molecule has 0 spiro atoms. The number of piperidine rings is 1. The molecule has 1 aliphatic rings. The maximum atomic E-state index is 13.3. The first-order chi connectivity index (χ1) is 14.7. The third kappa shape index (κ3) is 3.30.